The van der Waals surface area contributed by atoms with Crippen molar-refractivity contribution in [2.75, 3.05) is 31.6 Å². The van der Waals surface area contributed by atoms with E-state index in [1.165, 1.54) is 16.0 Å². The van der Waals surface area contributed by atoms with Crippen LogP contribution in [0.25, 0.3) is 0 Å². The Morgan fingerprint density at radius 3 is 2.62 bits per heavy atom. The van der Waals surface area contributed by atoms with Crippen molar-refractivity contribution in [3.63, 3.8) is 0 Å². The topological polar surface area (TPSA) is 59.1 Å². The van der Waals surface area contributed by atoms with Crippen molar-refractivity contribution in [1.82, 2.24) is 20.0 Å². The lowest BCUT2D eigenvalue weighted by Gasteiger charge is -2.44. The zero-order valence-corrected chi connectivity index (χ0v) is 18.0. The van der Waals surface area contributed by atoms with Crippen molar-refractivity contribution in [3.05, 3.63) is 29.3 Å². The monoisotopic (exact) mass is 399 g/mol. The maximum atomic E-state index is 13.3. The lowest BCUT2D eigenvalue weighted by Crippen LogP contribution is -2.66. The van der Waals surface area contributed by atoms with E-state index in [-0.39, 0.29) is 30.4 Å². The van der Waals surface area contributed by atoms with Gasteiger partial charge in [0.1, 0.15) is 18.5 Å². The second-order valence-electron chi connectivity index (χ2n) is 8.57. The van der Waals surface area contributed by atoms with Gasteiger partial charge in [0.15, 0.2) is 0 Å². The molecule has 3 atom stereocenters. The standard InChI is InChI=1S/C22H33N5O2/c1-5-6-7-11-27-20(28)18-19(24(4)22(27)29)23-21-25(12-8-13-26(18)21)17-10-9-15(2)16(3)14-17/h9-10,14,18-19,21,23H,5-8,11-13H2,1-4H3. The maximum Gasteiger partial charge on any atom is 0.327 e. The maximum absolute atomic E-state index is 13.3. The van der Waals surface area contributed by atoms with Gasteiger partial charge in [-0.1, -0.05) is 25.8 Å². The predicted molar refractivity (Wildman–Crippen MR) is 113 cm³/mol. The van der Waals surface area contributed by atoms with Gasteiger partial charge < -0.3 is 9.80 Å². The molecule has 29 heavy (non-hydrogen) atoms. The minimum Gasteiger partial charge on any atom is -0.343 e. The summed E-state index contributed by atoms with van der Waals surface area (Å²) in [6.45, 7) is 8.68. The van der Waals surface area contributed by atoms with E-state index in [0.29, 0.717) is 6.54 Å². The van der Waals surface area contributed by atoms with Gasteiger partial charge in [0, 0.05) is 32.4 Å². The highest BCUT2D eigenvalue weighted by atomic mass is 16.2. The molecule has 158 valence electrons. The summed E-state index contributed by atoms with van der Waals surface area (Å²) in [6, 6.07) is 6.03. The van der Waals surface area contributed by atoms with Gasteiger partial charge in [-0.25, -0.2) is 4.79 Å². The fourth-order valence-corrected chi connectivity index (χ4v) is 4.81. The molecule has 0 aliphatic carbocycles. The SMILES string of the molecule is CCCCCN1C(=O)C2C(NC3N(c4ccc(C)c(C)c4)CCCN23)N(C)C1=O. The molecule has 1 aromatic rings. The number of amides is 3. The number of hydrogen-bond donors (Lipinski definition) is 1. The average molecular weight is 400 g/mol. The van der Waals surface area contributed by atoms with E-state index < -0.39 is 0 Å². The van der Waals surface area contributed by atoms with Crippen molar-refractivity contribution in [1.29, 1.82) is 0 Å². The normalized spacial score (nSPS) is 27.4. The number of unbranched alkanes of at least 4 members (excludes halogenated alkanes) is 2. The molecule has 3 aliphatic rings. The zero-order valence-electron chi connectivity index (χ0n) is 18.0. The smallest absolute Gasteiger partial charge is 0.327 e. The molecule has 3 heterocycles. The van der Waals surface area contributed by atoms with Crippen molar-refractivity contribution in [3.8, 4) is 0 Å². The van der Waals surface area contributed by atoms with E-state index in [2.05, 4.69) is 54.1 Å². The molecule has 3 unspecified atom stereocenters. The summed E-state index contributed by atoms with van der Waals surface area (Å²) in [7, 11) is 1.81. The van der Waals surface area contributed by atoms with Gasteiger partial charge in [-0.3, -0.25) is 19.9 Å². The average Bonchev–Trinajstić information content (AvgIpc) is 3.11. The molecule has 0 spiro atoms. The number of nitrogens with zero attached hydrogens (tertiary/aromatic N) is 4. The van der Waals surface area contributed by atoms with Crippen molar-refractivity contribution < 1.29 is 9.59 Å². The molecule has 0 aromatic heterocycles. The Morgan fingerprint density at radius 2 is 1.90 bits per heavy atom. The number of hydrogen-bond acceptors (Lipinski definition) is 5. The first-order valence-corrected chi connectivity index (χ1v) is 10.9. The summed E-state index contributed by atoms with van der Waals surface area (Å²) in [5.41, 5.74) is 3.70. The lowest BCUT2D eigenvalue weighted by atomic mass is 10.1. The van der Waals surface area contributed by atoms with Gasteiger partial charge in [0.2, 0.25) is 0 Å². The second-order valence-corrected chi connectivity index (χ2v) is 8.57. The fraction of sp³-hybridized carbons (Fsp3) is 0.636. The highest BCUT2D eigenvalue weighted by Crippen LogP contribution is 2.33. The summed E-state index contributed by atoms with van der Waals surface area (Å²) in [5, 5.41) is 3.59. The van der Waals surface area contributed by atoms with E-state index in [4.69, 9.17) is 0 Å². The van der Waals surface area contributed by atoms with Crippen LogP contribution < -0.4 is 10.2 Å². The molecule has 1 aromatic carbocycles. The molecule has 3 aliphatic heterocycles. The summed E-state index contributed by atoms with van der Waals surface area (Å²) in [4.78, 5) is 34.0. The Labute approximate surface area is 173 Å². The number of carbonyl (C=O) groups excluding carboxylic acids is 2. The van der Waals surface area contributed by atoms with Gasteiger partial charge in [0.25, 0.3) is 5.91 Å². The summed E-state index contributed by atoms with van der Waals surface area (Å²) in [6.07, 6.45) is 3.60. The van der Waals surface area contributed by atoms with Crippen LogP contribution in [0.5, 0.6) is 0 Å². The minimum absolute atomic E-state index is 0.0499. The number of rotatable bonds is 5. The van der Waals surface area contributed by atoms with Crippen molar-refractivity contribution in [2.24, 2.45) is 0 Å². The highest BCUT2D eigenvalue weighted by Gasteiger charge is 2.55. The Hall–Kier alpha value is -2.12. The lowest BCUT2D eigenvalue weighted by molar-refractivity contribution is -0.138. The van der Waals surface area contributed by atoms with Crippen molar-refractivity contribution >= 4 is 17.6 Å². The molecule has 3 fully saturated rings. The number of benzene rings is 1. The van der Waals surface area contributed by atoms with Gasteiger partial charge in [0.05, 0.1) is 0 Å². The third-order valence-electron chi connectivity index (χ3n) is 6.68. The highest BCUT2D eigenvalue weighted by molar-refractivity contribution is 6.00. The predicted octanol–water partition coefficient (Wildman–Crippen LogP) is 2.48. The number of anilines is 1. The second kappa shape index (κ2) is 7.95. The van der Waals surface area contributed by atoms with Crippen molar-refractivity contribution in [2.45, 2.75) is 65.0 Å². The summed E-state index contributed by atoms with van der Waals surface area (Å²) in [5.74, 6) is -0.0499. The van der Waals surface area contributed by atoms with Crippen LogP contribution in [0, 0.1) is 13.8 Å². The summed E-state index contributed by atoms with van der Waals surface area (Å²) < 4.78 is 0. The van der Waals surface area contributed by atoms with Gasteiger partial charge in [-0.05, 0) is 49.9 Å². The molecule has 3 saturated heterocycles. The van der Waals surface area contributed by atoms with Gasteiger partial charge in [-0.2, -0.15) is 0 Å². The van der Waals surface area contributed by atoms with Crippen LogP contribution >= 0.6 is 0 Å². The number of aryl methyl sites for hydroxylation is 2. The number of nitrogens with one attached hydrogen (secondary N) is 1. The number of urea groups is 1. The third kappa shape index (κ3) is 3.40. The molecule has 0 radical (unpaired) electrons. The van der Waals surface area contributed by atoms with Crippen LogP contribution in [0.15, 0.2) is 18.2 Å². The molecule has 0 bridgehead atoms. The quantitative estimate of drug-likeness (QED) is 0.771. The van der Waals surface area contributed by atoms with E-state index in [1.807, 2.05) is 7.05 Å². The number of fused-ring (bicyclic) bond motifs is 3. The van der Waals surface area contributed by atoms with Crippen LogP contribution in [0.1, 0.15) is 43.7 Å². The summed E-state index contributed by atoms with van der Waals surface area (Å²) >= 11 is 0. The van der Waals surface area contributed by atoms with Crippen LogP contribution in [0.3, 0.4) is 0 Å². The number of carbonyl (C=O) groups is 2. The molecule has 3 amide bonds. The largest absolute Gasteiger partial charge is 0.343 e. The van der Waals surface area contributed by atoms with E-state index >= 15 is 0 Å². The Bertz CT molecular complexity index is 797. The van der Waals surface area contributed by atoms with Crippen LogP contribution in [0.2, 0.25) is 0 Å². The van der Waals surface area contributed by atoms with E-state index in [1.54, 1.807) is 4.90 Å². The third-order valence-corrected chi connectivity index (χ3v) is 6.68. The molecule has 7 heteroatoms. The fourth-order valence-electron chi connectivity index (χ4n) is 4.81. The van der Waals surface area contributed by atoms with Gasteiger partial charge >= 0.3 is 6.03 Å². The first kappa shape index (κ1) is 20.2. The molecular formula is C22H33N5O2. The first-order chi connectivity index (χ1) is 13.9. The van der Waals surface area contributed by atoms with E-state index in [0.717, 1.165) is 44.5 Å². The Kier molecular flexibility index (Phi) is 5.53. The Balaban J connectivity index is 1.60. The number of likely N-dealkylation sites (N-methyl/N-ethyl adjacent to an activating group) is 1. The Morgan fingerprint density at radius 1 is 1.10 bits per heavy atom. The molecular weight excluding hydrogens is 366 g/mol. The minimum atomic E-state index is -0.321. The van der Waals surface area contributed by atoms with Crippen LogP contribution in [-0.2, 0) is 4.79 Å². The molecule has 0 saturated carbocycles. The molecule has 7 nitrogen and oxygen atoms in total. The van der Waals surface area contributed by atoms with Gasteiger partial charge in [-0.15, -0.1) is 0 Å². The van der Waals surface area contributed by atoms with Crippen LogP contribution in [-0.4, -0.2) is 71.8 Å². The molecule has 4 rings (SSSR count). The zero-order chi connectivity index (χ0) is 20.7. The van der Waals surface area contributed by atoms with E-state index in [9.17, 15) is 9.59 Å². The van der Waals surface area contributed by atoms with Crippen LogP contribution in [0.4, 0.5) is 10.5 Å². The molecule has 1 N–H and O–H groups in total. The number of imide groups is 1. The first-order valence-electron chi connectivity index (χ1n) is 10.9.